The molecule has 1 atom stereocenters. The Morgan fingerprint density at radius 2 is 1.62 bits per heavy atom. The SMILES string of the molecule is CC(C)(CC=CC(=O)NC[C@@H](Cc1ccc2ccccc2c1)C(=O)N1CCc2ccccc2C1)NC(=O)OC(C)(C)C. The van der Waals surface area contributed by atoms with E-state index in [4.69, 9.17) is 4.74 Å². The van der Waals surface area contributed by atoms with Crippen LogP contribution in [0.3, 0.4) is 0 Å². The largest absolute Gasteiger partial charge is 0.444 e. The summed E-state index contributed by atoms with van der Waals surface area (Å²) in [6.07, 6.45) is 4.49. The van der Waals surface area contributed by atoms with Crippen molar-refractivity contribution in [3.63, 3.8) is 0 Å². The van der Waals surface area contributed by atoms with Crippen molar-refractivity contribution in [3.05, 3.63) is 95.6 Å². The lowest BCUT2D eigenvalue weighted by Gasteiger charge is -2.32. The van der Waals surface area contributed by atoms with Crippen LogP contribution in [-0.2, 0) is 33.7 Å². The number of hydrogen-bond acceptors (Lipinski definition) is 4. The average molecular weight is 570 g/mol. The lowest BCUT2D eigenvalue weighted by molar-refractivity contribution is -0.136. The molecule has 1 aliphatic rings. The smallest absolute Gasteiger partial charge is 0.408 e. The highest BCUT2D eigenvalue weighted by atomic mass is 16.6. The van der Waals surface area contributed by atoms with Crippen LogP contribution >= 0.6 is 0 Å². The summed E-state index contributed by atoms with van der Waals surface area (Å²) in [5.41, 5.74) is 2.34. The summed E-state index contributed by atoms with van der Waals surface area (Å²) in [5, 5.41) is 8.07. The van der Waals surface area contributed by atoms with Crippen LogP contribution in [-0.4, -0.2) is 47.0 Å². The second-order valence-corrected chi connectivity index (χ2v) is 12.7. The van der Waals surface area contributed by atoms with Crippen LogP contribution in [0.2, 0.25) is 0 Å². The second kappa shape index (κ2) is 13.2. The number of nitrogens with zero attached hydrogens (tertiary/aromatic N) is 1. The molecule has 4 rings (SSSR count). The van der Waals surface area contributed by atoms with Crippen LogP contribution in [0.5, 0.6) is 0 Å². The molecule has 2 N–H and O–H groups in total. The van der Waals surface area contributed by atoms with Crippen molar-refractivity contribution in [1.82, 2.24) is 15.5 Å². The summed E-state index contributed by atoms with van der Waals surface area (Å²) in [5.74, 6) is -0.632. The fourth-order valence-corrected chi connectivity index (χ4v) is 5.21. The average Bonchev–Trinajstić information content (AvgIpc) is 2.93. The standard InChI is InChI=1S/C35H43N3O4/c1-34(2,3)42-33(41)37-35(4,5)19-10-15-31(39)36-23-30(22-25-16-17-26-11-6-8-13-28(26)21-25)32(40)38-20-18-27-12-7-9-14-29(27)24-38/h6-17,21,30H,18-20,22-24H2,1-5H3,(H,36,39)(H,37,41)/t30-/m1/s1. The summed E-state index contributed by atoms with van der Waals surface area (Å²) >= 11 is 0. The van der Waals surface area contributed by atoms with Crippen molar-refractivity contribution in [3.8, 4) is 0 Å². The minimum absolute atomic E-state index is 0.0460. The van der Waals surface area contributed by atoms with Crippen molar-refractivity contribution >= 4 is 28.7 Å². The van der Waals surface area contributed by atoms with Gasteiger partial charge in [-0.1, -0.05) is 72.8 Å². The van der Waals surface area contributed by atoms with E-state index in [9.17, 15) is 14.4 Å². The Hall–Kier alpha value is -4.13. The quantitative estimate of drug-likeness (QED) is 0.312. The number of carbonyl (C=O) groups excluding carboxylic acids is 3. The first-order valence-corrected chi connectivity index (χ1v) is 14.7. The van der Waals surface area contributed by atoms with Gasteiger partial charge in [0, 0.05) is 25.2 Å². The van der Waals surface area contributed by atoms with Gasteiger partial charge in [0.15, 0.2) is 0 Å². The number of rotatable bonds is 9. The van der Waals surface area contributed by atoms with Crippen LogP contribution < -0.4 is 10.6 Å². The van der Waals surface area contributed by atoms with Gasteiger partial charge in [0.25, 0.3) is 0 Å². The maximum absolute atomic E-state index is 13.8. The summed E-state index contributed by atoms with van der Waals surface area (Å²) < 4.78 is 5.34. The van der Waals surface area contributed by atoms with E-state index in [2.05, 4.69) is 53.1 Å². The summed E-state index contributed by atoms with van der Waals surface area (Å²) in [6, 6.07) is 22.7. The molecular weight excluding hydrogens is 526 g/mol. The number of fused-ring (bicyclic) bond motifs is 2. The molecule has 3 aromatic rings. The molecule has 3 aromatic carbocycles. The van der Waals surface area contributed by atoms with Gasteiger partial charge in [0.2, 0.25) is 11.8 Å². The zero-order valence-corrected chi connectivity index (χ0v) is 25.4. The molecule has 0 spiro atoms. The molecule has 7 nitrogen and oxygen atoms in total. The molecule has 7 heteroatoms. The Bertz CT molecular complexity index is 1450. The normalized spacial score (nSPS) is 14.4. The Morgan fingerprint density at radius 1 is 0.929 bits per heavy atom. The summed E-state index contributed by atoms with van der Waals surface area (Å²) in [4.78, 5) is 40.7. The van der Waals surface area contributed by atoms with Crippen LogP contribution in [0, 0.1) is 5.92 Å². The van der Waals surface area contributed by atoms with Crippen LogP contribution in [0.25, 0.3) is 10.8 Å². The van der Waals surface area contributed by atoms with Gasteiger partial charge in [-0.3, -0.25) is 9.59 Å². The van der Waals surface area contributed by atoms with E-state index in [0.29, 0.717) is 25.9 Å². The van der Waals surface area contributed by atoms with Gasteiger partial charge in [-0.2, -0.15) is 0 Å². The number of ether oxygens (including phenoxy) is 1. The molecule has 0 fully saturated rings. The number of amides is 3. The number of alkyl carbamates (subject to hydrolysis) is 1. The highest BCUT2D eigenvalue weighted by molar-refractivity contribution is 5.88. The maximum Gasteiger partial charge on any atom is 0.408 e. The highest BCUT2D eigenvalue weighted by Gasteiger charge is 2.28. The molecule has 222 valence electrons. The molecule has 0 aliphatic carbocycles. The highest BCUT2D eigenvalue weighted by Crippen LogP contribution is 2.23. The van der Waals surface area contributed by atoms with E-state index in [0.717, 1.165) is 22.8 Å². The Morgan fingerprint density at radius 3 is 2.36 bits per heavy atom. The molecule has 0 saturated carbocycles. The first kappa shape index (κ1) is 30.8. The van der Waals surface area contributed by atoms with Crippen molar-refractivity contribution in [2.75, 3.05) is 13.1 Å². The van der Waals surface area contributed by atoms with E-state index in [-0.39, 0.29) is 18.4 Å². The molecule has 1 heterocycles. The van der Waals surface area contributed by atoms with Gasteiger partial charge < -0.3 is 20.3 Å². The molecule has 1 aliphatic heterocycles. The van der Waals surface area contributed by atoms with Gasteiger partial charge >= 0.3 is 6.09 Å². The monoisotopic (exact) mass is 569 g/mol. The predicted octanol–water partition coefficient (Wildman–Crippen LogP) is 5.95. The Labute approximate surface area is 249 Å². The zero-order chi connectivity index (χ0) is 30.3. The molecule has 0 aromatic heterocycles. The van der Waals surface area contributed by atoms with Gasteiger partial charge in [-0.05, 0) is 87.4 Å². The van der Waals surface area contributed by atoms with Crippen molar-refractivity contribution in [1.29, 1.82) is 0 Å². The number of benzene rings is 3. The van der Waals surface area contributed by atoms with E-state index >= 15 is 0 Å². The third kappa shape index (κ3) is 8.93. The van der Waals surface area contributed by atoms with Crippen LogP contribution in [0.15, 0.2) is 78.9 Å². The first-order valence-electron chi connectivity index (χ1n) is 14.7. The molecule has 0 radical (unpaired) electrons. The summed E-state index contributed by atoms with van der Waals surface area (Å²) in [7, 11) is 0. The molecule has 0 unspecified atom stereocenters. The topological polar surface area (TPSA) is 87.7 Å². The minimum atomic E-state index is -0.599. The van der Waals surface area contributed by atoms with Gasteiger partial charge in [-0.25, -0.2) is 4.79 Å². The number of hydrogen-bond donors (Lipinski definition) is 2. The van der Waals surface area contributed by atoms with Crippen LogP contribution in [0.4, 0.5) is 4.79 Å². The van der Waals surface area contributed by atoms with Gasteiger partial charge in [0.1, 0.15) is 5.60 Å². The molecule has 0 bridgehead atoms. The minimum Gasteiger partial charge on any atom is -0.444 e. The molecule has 0 saturated heterocycles. The lowest BCUT2D eigenvalue weighted by atomic mass is 9.93. The van der Waals surface area contributed by atoms with Gasteiger partial charge in [0.05, 0.1) is 5.92 Å². The summed E-state index contributed by atoms with van der Waals surface area (Å²) in [6.45, 7) is 10.6. The molecule has 42 heavy (non-hydrogen) atoms. The third-order valence-electron chi connectivity index (χ3n) is 7.35. The predicted molar refractivity (Wildman–Crippen MR) is 167 cm³/mol. The third-order valence-corrected chi connectivity index (χ3v) is 7.35. The number of carbonyl (C=O) groups is 3. The second-order valence-electron chi connectivity index (χ2n) is 12.7. The van der Waals surface area contributed by atoms with E-state index in [1.165, 1.54) is 17.2 Å². The molecular formula is C35H43N3O4. The Balaban J connectivity index is 1.41. The van der Waals surface area contributed by atoms with E-state index < -0.39 is 23.2 Å². The lowest BCUT2D eigenvalue weighted by Crippen LogP contribution is -2.45. The Kier molecular flexibility index (Phi) is 9.71. The van der Waals surface area contributed by atoms with Crippen molar-refractivity contribution < 1.29 is 19.1 Å². The zero-order valence-electron chi connectivity index (χ0n) is 25.4. The fraction of sp³-hybridized carbons (Fsp3) is 0.400. The first-order chi connectivity index (χ1) is 19.9. The van der Waals surface area contributed by atoms with Crippen molar-refractivity contribution in [2.24, 2.45) is 5.92 Å². The maximum atomic E-state index is 13.8. The number of nitrogens with one attached hydrogen (secondary N) is 2. The van der Waals surface area contributed by atoms with E-state index in [1.807, 2.05) is 63.8 Å². The van der Waals surface area contributed by atoms with Crippen LogP contribution in [0.1, 0.15) is 57.7 Å². The van der Waals surface area contributed by atoms with Crippen molar-refractivity contribution in [2.45, 2.75) is 71.6 Å². The van der Waals surface area contributed by atoms with E-state index in [1.54, 1.807) is 6.08 Å². The fourth-order valence-electron chi connectivity index (χ4n) is 5.21. The van der Waals surface area contributed by atoms with Gasteiger partial charge in [-0.15, -0.1) is 0 Å². The molecule has 3 amide bonds.